The molecule has 164 valence electrons. The molecule has 0 N–H and O–H groups in total. The van der Waals surface area contributed by atoms with Crippen molar-refractivity contribution in [1.29, 1.82) is 0 Å². The molecule has 0 spiro atoms. The number of methoxy groups -OCH3 is 2. The lowest BCUT2D eigenvalue weighted by atomic mass is 9.87. The number of amides is 1. The molecule has 0 radical (unpaired) electrons. The highest BCUT2D eigenvalue weighted by molar-refractivity contribution is 5.84. The number of fused-ring (bicyclic) bond motifs is 1. The summed E-state index contributed by atoms with van der Waals surface area (Å²) in [6, 6.07) is 20.7. The molecule has 32 heavy (non-hydrogen) atoms. The summed E-state index contributed by atoms with van der Waals surface area (Å²) in [4.78, 5) is 15.6. The fraction of sp³-hybridized carbons (Fsp3) is 0.296. The molecule has 1 saturated carbocycles. The second-order valence-corrected chi connectivity index (χ2v) is 8.47. The van der Waals surface area contributed by atoms with Crippen molar-refractivity contribution in [3.05, 3.63) is 94.8 Å². The Morgan fingerprint density at radius 2 is 1.62 bits per heavy atom. The van der Waals surface area contributed by atoms with Crippen molar-refractivity contribution < 1.29 is 18.7 Å². The van der Waals surface area contributed by atoms with E-state index in [9.17, 15) is 9.18 Å². The summed E-state index contributed by atoms with van der Waals surface area (Å²) in [5.74, 6) is 0.976. The summed E-state index contributed by atoms with van der Waals surface area (Å²) in [5.41, 5.74) is 3.90. The van der Waals surface area contributed by atoms with Gasteiger partial charge in [0.1, 0.15) is 5.82 Å². The number of rotatable bonds is 5. The van der Waals surface area contributed by atoms with Gasteiger partial charge in [-0.2, -0.15) is 0 Å². The van der Waals surface area contributed by atoms with E-state index in [1.807, 2.05) is 41.3 Å². The van der Waals surface area contributed by atoms with Crippen LogP contribution in [0.25, 0.3) is 0 Å². The second kappa shape index (κ2) is 8.30. The van der Waals surface area contributed by atoms with Gasteiger partial charge in [0.05, 0.1) is 20.3 Å². The number of benzene rings is 3. The molecule has 3 atom stereocenters. The molecule has 5 rings (SSSR count). The molecule has 0 bridgehead atoms. The van der Waals surface area contributed by atoms with E-state index >= 15 is 0 Å². The topological polar surface area (TPSA) is 38.8 Å². The maximum atomic E-state index is 14.3. The van der Waals surface area contributed by atoms with Gasteiger partial charge in [-0.15, -0.1) is 0 Å². The highest BCUT2D eigenvalue weighted by atomic mass is 19.1. The Balaban J connectivity index is 1.52. The van der Waals surface area contributed by atoms with Crippen molar-refractivity contribution in [3.63, 3.8) is 0 Å². The van der Waals surface area contributed by atoms with Crippen molar-refractivity contribution in [2.75, 3.05) is 20.8 Å². The average Bonchev–Trinajstić information content (AvgIpc) is 3.63. The molecule has 1 heterocycles. The maximum absolute atomic E-state index is 14.3. The highest BCUT2D eigenvalue weighted by Crippen LogP contribution is 2.51. The second-order valence-electron chi connectivity index (χ2n) is 8.47. The molecule has 3 unspecified atom stereocenters. The molecule has 3 aromatic rings. The van der Waals surface area contributed by atoms with Crippen LogP contribution < -0.4 is 9.47 Å². The molecule has 5 heteroatoms. The lowest BCUT2D eigenvalue weighted by Crippen LogP contribution is -2.41. The minimum absolute atomic E-state index is 0.0491. The average molecular weight is 432 g/mol. The van der Waals surface area contributed by atoms with Gasteiger partial charge in [0.2, 0.25) is 5.91 Å². The van der Waals surface area contributed by atoms with E-state index in [1.165, 1.54) is 6.07 Å². The fourth-order valence-corrected chi connectivity index (χ4v) is 4.98. The summed E-state index contributed by atoms with van der Waals surface area (Å²) in [6.07, 6.45) is 1.43. The van der Waals surface area contributed by atoms with Crippen LogP contribution >= 0.6 is 0 Å². The Morgan fingerprint density at radius 3 is 2.34 bits per heavy atom. The van der Waals surface area contributed by atoms with Crippen molar-refractivity contribution in [3.8, 4) is 11.5 Å². The normalized spacial score (nSPS) is 21.6. The van der Waals surface area contributed by atoms with Gasteiger partial charge in [0.15, 0.2) is 11.5 Å². The first kappa shape index (κ1) is 20.6. The molecule has 0 aromatic heterocycles. The summed E-state index contributed by atoms with van der Waals surface area (Å²) >= 11 is 0. The number of carbonyl (C=O) groups is 1. The molecular formula is C27H26FNO3. The number of halogens is 1. The van der Waals surface area contributed by atoms with Gasteiger partial charge in [-0.3, -0.25) is 4.79 Å². The van der Waals surface area contributed by atoms with Crippen LogP contribution in [-0.4, -0.2) is 31.6 Å². The summed E-state index contributed by atoms with van der Waals surface area (Å²) in [7, 11) is 3.25. The van der Waals surface area contributed by atoms with Crippen molar-refractivity contribution in [2.45, 2.75) is 24.8 Å². The van der Waals surface area contributed by atoms with Gasteiger partial charge in [-0.25, -0.2) is 4.39 Å². The van der Waals surface area contributed by atoms with Crippen molar-refractivity contribution in [2.24, 2.45) is 5.92 Å². The fourth-order valence-electron chi connectivity index (χ4n) is 4.98. The minimum atomic E-state index is -0.228. The third-order valence-corrected chi connectivity index (χ3v) is 6.68. The van der Waals surface area contributed by atoms with Crippen LogP contribution in [0.5, 0.6) is 11.5 Å². The quantitative estimate of drug-likeness (QED) is 0.563. The van der Waals surface area contributed by atoms with Crippen molar-refractivity contribution >= 4 is 5.91 Å². The third-order valence-electron chi connectivity index (χ3n) is 6.68. The SMILES string of the molecule is COc1cc2c(cc1OC)C(c1ccccc1)N(C(=O)C1CC1c1ccccc1F)CC2. The van der Waals surface area contributed by atoms with Crippen LogP contribution in [-0.2, 0) is 11.2 Å². The molecule has 0 saturated heterocycles. The Bertz CT molecular complexity index is 1150. The van der Waals surface area contributed by atoms with E-state index in [0.29, 0.717) is 30.0 Å². The smallest absolute Gasteiger partial charge is 0.227 e. The van der Waals surface area contributed by atoms with Crippen LogP contribution in [0, 0.1) is 11.7 Å². The van der Waals surface area contributed by atoms with Gasteiger partial charge in [0, 0.05) is 12.5 Å². The molecule has 1 aliphatic heterocycles. The largest absolute Gasteiger partial charge is 0.493 e. The van der Waals surface area contributed by atoms with Crippen LogP contribution in [0.1, 0.15) is 40.6 Å². The van der Waals surface area contributed by atoms with Gasteiger partial charge in [-0.05, 0) is 59.2 Å². The van der Waals surface area contributed by atoms with E-state index in [4.69, 9.17) is 9.47 Å². The first-order valence-corrected chi connectivity index (χ1v) is 11.0. The van der Waals surface area contributed by atoms with Crippen molar-refractivity contribution in [1.82, 2.24) is 4.90 Å². The zero-order valence-electron chi connectivity index (χ0n) is 18.3. The predicted octanol–water partition coefficient (Wildman–Crippen LogP) is 5.12. The van der Waals surface area contributed by atoms with Gasteiger partial charge < -0.3 is 14.4 Å². The number of hydrogen-bond acceptors (Lipinski definition) is 3. The standard InChI is InChI=1S/C27H26FNO3/c1-31-24-14-18-12-13-29(27(30)22-15-21(22)19-10-6-7-11-23(19)28)26(17-8-4-3-5-9-17)20(18)16-25(24)32-2/h3-11,14,16,21-22,26H,12-13,15H2,1-2H3. The van der Waals surface area contributed by atoms with E-state index in [-0.39, 0.29) is 29.6 Å². The zero-order chi connectivity index (χ0) is 22.2. The summed E-state index contributed by atoms with van der Waals surface area (Å²) < 4.78 is 25.4. The van der Waals surface area contributed by atoms with Gasteiger partial charge >= 0.3 is 0 Å². The van der Waals surface area contributed by atoms with Crippen LogP contribution in [0.2, 0.25) is 0 Å². The molecule has 3 aromatic carbocycles. The molecule has 1 amide bonds. The van der Waals surface area contributed by atoms with Gasteiger partial charge in [0.25, 0.3) is 0 Å². The van der Waals surface area contributed by atoms with Crippen LogP contribution in [0.4, 0.5) is 4.39 Å². The lowest BCUT2D eigenvalue weighted by molar-refractivity contribution is -0.134. The number of ether oxygens (including phenoxy) is 2. The third kappa shape index (κ3) is 3.52. The first-order chi connectivity index (χ1) is 15.6. The van der Waals surface area contributed by atoms with E-state index in [0.717, 1.165) is 23.1 Å². The van der Waals surface area contributed by atoms with E-state index in [2.05, 4.69) is 12.1 Å². The zero-order valence-corrected chi connectivity index (χ0v) is 18.3. The Morgan fingerprint density at radius 1 is 0.938 bits per heavy atom. The first-order valence-electron chi connectivity index (χ1n) is 11.0. The maximum Gasteiger partial charge on any atom is 0.227 e. The summed E-state index contributed by atoms with van der Waals surface area (Å²) in [5, 5.41) is 0. The molecule has 1 fully saturated rings. The van der Waals surface area contributed by atoms with Crippen LogP contribution in [0.3, 0.4) is 0 Å². The predicted molar refractivity (Wildman–Crippen MR) is 120 cm³/mol. The summed E-state index contributed by atoms with van der Waals surface area (Å²) in [6.45, 7) is 0.612. The van der Waals surface area contributed by atoms with Crippen LogP contribution in [0.15, 0.2) is 66.7 Å². The number of nitrogens with zero attached hydrogens (tertiary/aromatic N) is 1. The Labute approximate surface area is 187 Å². The Hall–Kier alpha value is -3.34. The number of hydrogen-bond donors (Lipinski definition) is 0. The minimum Gasteiger partial charge on any atom is -0.493 e. The molecular weight excluding hydrogens is 405 g/mol. The monoisotopic (exact) mass is 431 g/mol. The Kier molecular flexibility index (Phi) is 5.33. The van der Waals surface area contributed by atoms with E-state index in [1.54, 1.807) is 26.4 Å². The molecule has 2 aliphatic rings. The number of carbonyl (C=O) groups excluding carboxylic acids is 1. The molecule has 1 aliphatic carbocycles. The lowest BCUT2D eigenvalue weighted by Gasteiger charge is -2.38. The van der Waals surface area contributed by atoms with E-state index < -0.39 is 0 Å². The molecule has 4 nitrogen and oxygen atoms in total. The van der Waals surface area contributed by atoms with Gasteiger partial charge in [-0.1, -0.05) is 48.5 Å². The highest BCUT2D eigenvalue weighted by Gasteiger charge is 2.48.